The second-order valence-electron chi connectivity index (χ2n) is 6.57. The van der Waals surface area contributed by atoms with Gasteiger partial charge < -0.3 is 10.6 Å². The summed E-state index contributed by atoms with van der Waals surface area (Å²) < 4.78 is 39.6. The van der Waals surface area contributed by atoms with Gasteiger partial charge in [0.1, 0.15) is 5.82 Å². The number of aryl methyl sites for hydroxylation is 1. The van der Waals surface area contributed by atoms with Gasteiger partial charge in [-0.05, 0) is 55.3 Å². The minimum Gasteiger partial charge on any atom is -0.376 e. The first-order valence-electron chi connectivity index (χ1n) is 9.10. The van der Waals surface area contributed by atoms with Crippen molar-refractivity contribution < 1.29 is 17.6 Å². The molecule has 28 heavy (non-hydrogen) atoms. The van der Waals surface area contributed by atoms with E-state index in [-0.39, 0.29) is 17.3 Å². The van der Waals surface area contributed by atoms with Crippen LogP contribution < -0.4 is 10.6 Å². The fourth-order valence-electron chi connectivity index (χ4n) is 2.53. The number of nitrogens with one attached hydrogen (secondary N) is 2. The van der Waals surface area contributed by atoms with Crippen molar-refractivity contribution in [2.45, 2.75) is 31.6 Å². The van der Waals surface area contributed by atoms with Gasteiger partial charge in [-0.2, -0.15) is 0 Å². The van der Waals surface area contributed by atoms with E-state index in [1.54, 1.807) is 32.2 Å². The quantitative estimate of drug-likeness (QED) is 0.666. The molecule has 0 aliphatic rings. The Hall–Kier alpha value is -2.45. The van der Waals surface area contributed by atoms with Crippen molar-refractivity contribution in [2.24, 2.45) is 0 Å². The third-order valence-electron chi connectivity index (χ3n) is 4.32. The summed E-state index contributed by atoms with van der Waals surface area (Å²) in [6.45, 7) is 4.23. The van der Waals surface area contributed by atoms with E-state index in [2.05, 4.69) is 10.6 Å². The zero-order valence-corrected chi connectivity index (χ0v) is 17.1. The number of nitrogens with zero attached hydrogens (tertiary/aromatic N) is 1. The molecule has 0 unspecified atom stereocenters. The molecule has 0 spiro atoms. The van der Waals surface area contributed by atoms with Gasteiger partial charge in [0.15, 0.2) is 0 Å². The van der Waals surface area contributed by atoms with E-state index in [0.717, 1.165) is 18.4 Å². The summed E-state index contributed by atoms with van der Waals surface area (Å²) in [5.41, 5.74) is 1.79. The van der Waals surface area contributed by atoms with Crippen LogP contribution in [0.4, 0.5) is 15.8 Å². The number of sulfonamides is 1. The van der Waals surface area contributed by atoms with Crippen LogP contribution in [0.1, 0.15) is 25.3 Å². The first-order chi connectivity index (χ1) is 13.2. The van der Waals surface area contributed by atoms with Crippen molar-refractivity contribution in [3.63, 3.8) is 0 Å². The summed E-state index contributed by atoms with van der Waals surface area (Å²) in [7, 11) is -1.95. The number of benzene rings is 2. The normalized spacial score (nSPS) is 11.5. The summed E-state index contributed by atoms with van der Waals surface area (Å²) in [5, 5.41) is 5.57. The maximum atomic E-state index is 13.3. The molecule has 0 heterocycles. The molecule has 0 aromatic heterocycles. The number of unbranched alkanes of at least 4 members (excludes halogenated alkanes) is 1. The number of carbonyl (C=O) groups excluding carboxylic acids is 1. The van der Waals surface area contributed by atoms with Crippen LogP contribution in [0, 0.1) is 12.7 Å². The van der Waals surface area contributed by atoms with E-state index < -0.39 is 15.8 Å². The Morgan fingerprint density at radius 3 is 2.46 bits per heavy atom. The van der Waals surface area contributed by atoms with Gasteiger partial charge in [0.05, 0.1) is 11.4 Å². The highest BCUT2D eigenvalue weighted by molar-refractivity contribution is 7.89. The topological polar surface area (TPSA) is 78.5 Å². The van der Waals surface area contributed by atoms with Gasteiger partial charge in [-0.15, -0.1) is 0 Å². The van der Waals surface area contributed by atoms with Gasteiger partial charge in [0.25, 0.3) is 0 Å². The van der Waals surface area contributed by atoms with Crippen LogP contribution in [-0.4, -0.2) is 38.8 Å². The predicted octanol–water partition coefficient (Wildman–Crippen LogP) is 3.61. The largest absolute Gasteiger partial charge is 0.376 e. The molecule has 0 aliphatic heterocycles. The molecule has 0 atom stereocenters. The molecule has 0 saturated heterocycles. The summed E-state index contributed by atoms with van der Waals surface area (Å²) in [6, 6.07) is 10.4. The molecule has 0 fully saturated rings. The summed E-state index contributed by atoms with van der Waals surface area (Å²) in [5.74, 6) is -0.751. The molecular weight excluding hydrogens is 381 g/mol. The number of amides is 1. The highest BCUT2D eigenvalue weighted by Crippen LogP contribution is 2.18. The number of rotatable bonds is 9. The molecule has 2 aromatic carbocycles. The lowest BCUT2D eigenvalue weighted by atomic mass is 10.2. The molecule has 2 N–H and O–H groups in total. The van der Waals surface area contributed by atoms with E-state index in [0.29, 0.717) is 17.9 Å². The Balaban J connectivity index is 1.95. The van der Waals surface area contributed by atoms with Crippen LogP contribution in [0.3, 0.4) is 0 Å². The van der Waals surface area contributed by atoms with Crippen molar-refractivity contribution >= 4 is 27.3 Å². The Kier molecular flexibility index (Phi) is 7.53. The minimum atomic E-state index is -3.52. The number of carbonyl (C=O) groups is 1. The third-order valence-corrected chi connectivity index (χ3v) is 6.19. The number of hydrogen-bond acceptors (Lipinski definition) is 4. The number of hydrogen-bond donors (Lipinski definition) is 2. The molecule has 152 valence electrons. The lowest BCUT2D eigenvalue weighted by Gasteiger charge is -2.17. The van der Waals surface area contributed by atoms with Gasteiger partial charge >= 0.3 is 0 Å². The molecule has 0 radical (unpaired) electrons. The fraction of sp³-hybridized carbons (Fsp3) is 0.350. The van der Waals surface area contributed by atoms with Gasteiger partial charge in [0.2, 0.25) is 15.9 Å². The van der Waals surface area contributed by atoms with E-state index in [9.17, 15) is 17.6 Å². The third kappa shape index (κ3) is 5.77. The lowest BCUT2D eigenvalue weighted by Crippen LogP contribution is -2.28. The smallest absolute Gasteiger partial charge is 0.243 e. The monoisotopic (exact) mass is 407 g/mol. The highest BCUT2D eigenvalue weighted by atomic mass is 32.2. The van der Waals surface area contributed by atoms with Crippen LogP contribution in [0.25, 0.3) is 0 Å². The first kappa shape index (κ1) is 21.8. The molecule has 0 bridgehead atoms. The van der Waals surface area contributed by atoms with Gasteiger partial charge in [0, 0.05) is 25.0 Å². The Morgan fingerprint density at radius 1 is 1.14 bits per heavy atom. The summed E-state index contributed by atoms with van der Waals surface area (Å²) in [6.07, 6.45) is 1.72. The predicted molar refractivity (Wildman–Crippen MR) is 109 cm³/mol. The van der Waals surface area contributed by atoms with Crippen LogP contribution >= 0.6 is 0 Å². The summed E-state index contributed by atoms with van der Waals surface area (Å²) in [4.78, 5) is 12.3. The average molecular weight is 408 g/mol. The second kappa shape index (κ2) is 9.66. The SMILES string of the molecule is CCCCN(C)S(=O)(=O)c1ccc(NCC(=O)Nc2cc(F)ccc2C)cc1. The Labute approximate surface area is 165 Å². The maximum Gasteiger partial charge on any atom is 0.243 e. The van der Waals surface area contributed by atoms with Crippen LogP contribution in [0.15, 0.2) is 47.4 Å². The van der Waals surface area contributed by atoms with E-state index in [1.807, 2.05) is 6.92 Å². The van der Waals surface area contributed by atoms with Crippen molar-refractivity contribution in [2.75, 3.05) is 30.8 Å². The van der Waals surface area contributed by atoms with E-state index >= 15 is 0 Å². The van der Waals surface area contributed by atoms with Crippen LogP contribution in [-0.2, 0) is 14.8 Å². The molecule has 1 amide bonds. The lowest BCUT2D eigenvalue weighted by molar-refractivity contribution is -0.114. The highest BCUT2D eigenvalue weighted by Gasteiger charge is 2.19. The van der Waals surface area contributed by atoms with Gasteiger partial charge in [-0.1, -0.05) is 19.4 Å². The summed E-state index contributed by atoms with van der Waals surface area (Å²) >= 11 is 0. The molecule has 2 rings (SSSR count). The van der Waals surface area contributed by atoms with Crippen molar-refractivity contribution in [3.05, 3.63) is 53.8 Å². The van der Waals surface area contributed by atoms with Gasteiger partial charge in [-0.25, -0.2) is 17.1 Å². The minimum absolute atomic E-state index is 0.0293. The van der Waals surface area contributed by atoms with E-state index in [1.165, 1.54) is 28.6 Å². The molecule has 0 saturated carbocycles. The molecular formula is C20H26FN3O3S. The zero-order valence-electron chi connectivity index (χ0n) is 16.3. The number of halogens is 1. The molecule has 6 nitrogen and oxygen atoms in total. The standard InChI is InChI=1S/C20H26FN3O3S/c1-4-5-12-24(3)28(26,27)18-10-8-17(9-11-18)22-14-20(25)23-19-13-16(21)7-6-15(19)2/h6-11,13,22H,4-5,12,14H2,1-3H3,(H,23,25). The zero-order chi connectivity index (χ0) is 20.7. The van der Waals surface area contributed by atoms with Gasteiger partial charge in [-0.3, -0.25) is 4.79 Å². The Bertz CT molecular complexity index is 915. The van der Waals surface area contributed by atoms with E-state index in [4.69, 9.17) is 0 Å². The molecule has 8 heteroatoms. The first-order valence-corrected chi connectivity index (χ1v) is 10.5. The fourth-order valence-corrected chi connectivity index (χ4v) is 3.74. The van der Waals surface area contributed by atoms with Crippen LogP contribution in [0.2, 0.25) is 0 Å². The molecule has 2 aromatic rings. The Morgan fingerprint density at radius 2 is 1.82 bits per heavy atom. The second-order valence-corrected chi connectivity index (χ2v) is 8.61. The van der Waals surface area contributed by atoms with Crippen LogP contribution in [0.5, 0.6) is 0 Å². The molecule has 0 aliphatic carbocycles. The maximum absolute atomic E-state index is 13.3. The van der Waals surface area contributed by atoms with Crippen molar-refractivity contribution in [3.8, 4) is 0 Å². The number of anilines is 2. The van der Waals surface area contributed by atoms with Crippen molar-refractivity contribution in [1.29, 1.82) is 0 Å². The average Bonchev–Trinajstić information content (AvgIpc) is 2.67. The van der Waals surface area contributed by atoms with Crippen molar-refractivity contribution in [1.82, 2.24) is 4.31 Å².